The quantitative estimate of drug-likeness (QED) is 0.776. The Kier molecular flexibility index (Phi) is 5.26. The number of amides is 1. The summed E-state index contributed by atoms with van der Waals surface area (Å²) in [5.74, 6) is -0.0869. The van der Waals surface area contributed by atoms with Gasteiger partial charge in [0, 0.05) is 33.8 Å². The van der Waals surface area contributed by atoms with Crippen LogP contribution in [0.25, 0.3) is 0 Å². The van der Waals surface area contributed by atoms with E-state index in [1.807, 2.05) is 49.4 Å². The maximum atomic E-state index is 11.1. The molecule has 0 fully saturated rings. The van der Waals surface area contributed by atoms with Crippen LogP contribution in [-0.2, 0) is 4.79 Å². The second kappa shape index (κ2) is 6.96. The van der Waals surface area contributed by atoms with E-state index in [-0.39, 0.29) is 11.9 Å². The monoisotopic (exact) mass is 366 g/mol. The van der Waals surface area contributed by atoms with Gasteiger partial charge in [0.2, 0.25) is 5.91 Å². The van der Waals surface area contributed by atoms with Crippen molar-refractivity contribution in [2.75, 3.05) is 10.6 Å². The smallest absolute Gasteiger partial charge is 0.221 e. The lowest BCUT2D eigenvalue weighted by Gasteiger charge is -2.18. The average molecular weight is 368 g/mol. The number of benzene rings is 2. The number of hydrogen-bond donors (Lipinski definition) is 2. The van der Waals surface area contributed by atoms with Crippen molar-refractivity contribution in [3.8, 4) is 0 Å². The number of nitrogens with one attached hydrogen (secondary N) is 2. The highest BCUT2D eigenvalue weighted by Crippen LogP contribution is 2.29. The van der Waals surface area contributed by atoms with E-state index in [0.717, 1.165) is 21.4 Å². The molecule has 0 spiro atoms. The molecule has 21 heavy (non-hydrogen) atoms. The maximum absolute atomic E-state index is 11.1. The van der Waals surface area contributed by atoms with E-state index in [1.54, 1.807) is 0 Å². The van der Waals surface area contributed by atoms with Gasteiger partial charge in [-0.05, 0) is 42.8 Å². The standard InChI is InChI=1S/C16H16BrClN2O/c1-10(15-7-6-12(17)8-16(15)18)19-13-4-3-5-14(9-13)20-11(2)21/h3-10,19H,1-2H3,(H,20,21). The van der Waals surface area contributed by atoms with Crippen molar-refractivity contribution in [3.05, 3.63) is 57.5 Å². The van der Waals surface area contributed by atoms with E-state index < -0.39 is 0 Å². The molecular weight excluding hydrogens is 352 g/mol. The van der Waals surface area contributed by atoms with E-state index in [1.165, 1.54) is 6.92 Å². The van der Waals surface area contributed by atoms with Crippen LogP contribution in [0, 0.1) is 0 Å². The molecule has 2 aromatic rings. The van der Waals surface area contributed by atoms with Crippen LogP contribution in [0.4, 0.5) is 11.4 Å². The fourth-order valence-corrected chi connectivity index (χ4v) is 2.91. The van der Waals surface area contributed by atoms with Crippen molar-refractivity contribution in [1.29, 1.82) is 0 Å². The van der Waals surface area contributed by atoms with Gasteiger partial charge >= 0.3 is 0 Å². The average Bonchev–Trinajstić information content (AvgIpc) is 2.37. The predicted molar refractivity (Wildman–Crippen MR) is 91.9 cm³/mol. The van der Waals surface area contributed by atoms with E-state index >= 15 is 0 Å². The summed E-state index contributed by atoms with van der Waals surface area (Å²) in [6, 6.07) is 13.5. The van der Waals surface area contributed by atoms with Crippen LogP contribution in [0.2, 0.25) is 5.02 Å². The summed E-state index contributed by atoms with van der Waals surface area (Å²) in [5, 5.41) is 6.86. The highest BCUT2D eigenvalue weighted by molar-refractivity contribution is 9.10. The molecule has 0 aliphatic carbocycles. The molecule has 5 heteroatoms. The highest BCUT2D eigenvalue weighted by atomic mass is 79.9. The number of hydrogen-bond acceptors (Lipinski definition) is 2. The SMILES string of the molecule is CC(=O)Nc1cccc(NC(C)c2ccc(Br)cc2Cl)c1. The third kappa shape index (κ3) is 4.48. The molecule has 0 aliphatic heterocycles. The minimum atomic E-state index is -0.0869. The first-order valence-electron chi connectivity index (χ1n) is 6.55. The van der Waals surface area contributed by atoms with E-state index in [4.69, 9.17) is 11.6 Å². The summed E-state index contributed by atoms with van der Waals surface area (Å²) < 4.78 is 0.955. The predicted octanol–water partition coefficient (Wildman–Crippen LogP) is 5.23. The molecule has 3 nitrogen and oxygen atoms in total. The van der Waals surface area contributed by atoms with Gasteiger partial charge in [-0.25, -0.2) is 0 Å². The third-order valence-corrected chi connectivity index (χ3v) is 3.82. The molecule has 1 unspecified atom stereocenters. The Balaban J connectivity index is 2.15. The number of carbonyl (C=O) groups excluding carboxylic acids is 1. The lowest BCUT2D eigenvalue weighted by Crippen LogP contribution is -2.09. The van der Waals surface area contributed by atoms with Gasteiger partial charge in [0.15, 0.2) is 0 Å². The molecule has 0 saturated carbocycles. The molecule has 2 aromatic carbocycles. The van der Waals surface area contributed by atoms with Gasteiger partial charge in [-0.3, -0.25) is 4.79 Å². The summed E-state index contributed by atoms with van der Waals surface area (Å²) in [4.78, 5) is 11.1. The first-order chi connectivity index (χ1) is 9.95. The van der Waals surface area contributed by atoms with E-state index in [0.29, 0.717) is 5.02 Å². The van der Waals surface area contributed by atoms with Crippen LogP contribution in [0.5, 0.6) is 0 Å². The number of anilines is 2. The Morgan fingerprint density at radius 2 is 1.90 bits per heavy atom. The van der Waals surface area contributed by atoms with Crippen LogP contribution in [0.1, 0.15) is 25.5 Å². The van der Waals surface area contributed by atoms with Crippen molar-refractivity contribution < 1.29 is 4.79 Å². The van der Waals surface area contributed by atoms with Crippen molar-refractivity contribution in [1.82, 2.24) is 0 Å². The van der Waals surface area contributed by atoms with Crippen LogP contribution in [0.15, 0.2) is 46.9 Å². The van der Waals surface area contributed by atoms with Gasteiger partial charge in [0.1, 0.15) is 0 Å². The topological polar surface area (TPSA) is 41.1 Å². The Bertz CT molecular complexity index is 660. The molecule has 0 heterocycles. The number of halogens is 2. The van der Waals surface area contributed by atoms with Crippen LogP contribution >= 0.6 is 27.5 Å². The maximum Gasteiger partial charge on any atom is 0.221 e. The normalized spacial score (nSPS) is 11.8. The molecule has 0 radical (unpaired) electrons. The largest absolute Gasteiger partial charge is 0.378 e. The molecule has 0 aromatic heterocycles. The van der Waals surface area contributed by atoms with Crippen molar-refractivity contribution in [3.63, 3.8) is 0 Å². The summed E-state index contributed by atoms with van der Waals surface area (Å²) in [7, 11) is 0. The van der Waals surface area contributed by atoms with Gasteiger partial charge in [0.25, 0.3) is 0 Å². The van der Waals surface area contributed by atoms with Crippen LogP contribution < -0.4 is 10.6 Å². The van der Waals surface area contributed by atoms with Crippen molar-refractivity contribution in [2.45, 2.75) is 19.9 Å². The molecule has 1 atom stereocenters. The molecule has 1 amide bonds. The Morgan fingerprint density at radius 3 is 2.57 bits per heavy atom. The van der Waals surface area contributed by atoms with Gasteiger partial charge in [0.05, 0.1) is 0 Å². The van der Waals surface area contributed by atoms with E-state index in [9.17, 15) is 4.79 Å². The van der Waals surface area contributed by atoms with Crippen molar-refractivity contribution >= 4 is 44.8 Å². The molecule has 2 rings (SSSR count). The zero-order chi connectivity index (χ0) is 15.4. The molecule has 2 N–H and O–H groups in total. The Morgan fingerprint density at radius 1 is 1.19 bits per heavy atom. The summed E-state index contributed by atoms with van der Waals surface area (Å²) >= 11 is 9.66. The summed E-state index contributed by atoms with van der Waals surface area (Å²) in [5.41, 5.74) is 2.71. The molecule has 0 bridgehead atoms. The first-order valence-corrected chi connectivity index (χ1v) is 7.72. The van der Waals surface area contributed by atoms with Crippen molar-refractivity contribution in [2.24, 2.45) is 0 Å². The Labute approximate surface area is 137 Å². The molecule has 110 valence electrons. The van der Waals surface area contributed by atoms with Gasteiger partial charge < -0.3 is 10.6 Å². The second-order valence-electron chi connectivity index (χ2n) is 4.79. The minimum absolute atomic E-state index is 0.0539. The zero-order valence-electron chi connectivity index (χ0n) is 11.8. The first kappa shape index (κ1) is 15.9. The second-order valence-corrected chi connectivity index (χ2v) is 6.12. The van der Waals surface area contributed by atoms with Crippen LogP contribution in [0.3, 0.4) is 0 Å². The summed E-state index contributed by atoms with van der Waals surface area (Å²) in [6.07, 6.45) is 0. The fraction of sp³-hybridized carbons (Fsp3) is 0.188. The van der Waals surface area contributed by atoms with Gasteiger partial charge in [-0.15, -0.1) is 0 Å². The van der Waals surface area contributed by atoms with Gasteiger partial charge in [-0.1, -0.05) is 39.7 Å². The lowest BCUT2D eigenvalue weighted by atomic mass is 10.1. The molecular formula is C16H16BrClN2O. The lowest BCUT2D eigenvalue weighted by molar-refractivity contribution is -0.114. The zero-order valence-corrected chi connectivity index (χ0v) is 14.1. The fourth-order valence-electron chi connectivity index (χ4n) is 2.07. The highest BCUT2D eigenvalue weighted by Gasteiger charge is 2.10. The Hall–Kier alpha value is -1.52. The van der Waals surface area contributed by atoms with Gasteiger partial charge in [-0.2, -0.15) is 0 Å². The number of rotatable bonds is 4. The molecule has 0 saturated heterocycles. The van der Waals surface area contributed by atoms with E-state index in [2.05, 4.69) is 26.6 Å². The van der Waals surface area contributed by atoms with Crippen LogP contribution in [-0.4, -0.2) is 5.91 Å². The number of carbonyl (C=O) groups is 1. The minimum Gasteiger partial charge on any atom is -0.378 e. The molecule has 0 aliphatic rings. The third-order valence-electron chi connectivity index (χ3n) is 3.00. The summed E-state index contributed by atoms with van der Waals surface area (Å²) in [6.45, 7) is 3.53.